The fourth-order valence-corrected chi connectivity index (χ4v) is 6.70. The predicted molar refractivity (Wildman–Crippen MR) is 159 cm³/mol. The second-order valence-electron chi connectivity index (χ2n) is 11.3. The number of rotatable bonds is 6. The van der Waals surface area contributed by atoms with Crippen molar-refractivity contribution in [3.63, 3.8) is 0 Å². The SMILES string of the molecule is CN(C(=O)Nc1ccc(-c2cc(F)cc(F)c2)cc1)C1CCC(NS(C)(=O)=O)CC1.CNC1CCC2(CC1)OCCO2. The Morgan fingerprint density at radius 1 is 0.881 bits per heavy atom. The van der Waals surface area contributed by atoms with Crippen LogP contribution in [0.2, 0.25) is 0 Å². The molecule has 2 aromatic rings. The molecule has 1 aliphatic heterocycles. The van der Waals surface area contributed by atoms with Gasteiger partial charge in [0.15, 0.2) is 5.79 Å². The number of anilines is 1. The van der Waals surface area contributed by atoms with E-state index in [0.29, 0.717) is 48.5 Å². The molecule has 1 saturated heterocycles. The number of amides is 2. The van der Waals surface area contributed by atoms with Crippen molar-refractivity contribution in [2.75, 3.05) is 38.9 Å². The second kappa shape index (κ2) is 14.2. The molecule has 1 spiro atoms. The molecule has 2 aromatic carbocycles. The van der Waals surface area contributed by atoms with Gasteiger partial charge in [-0.15, -0.1) is 0 Å². The van der Waals surface area contributed by atoms with E-state index in [-0.39, 0.29) is 23.9 Å². The number of halogens is 2. The Bertz CT molecular complexity index is 1270. The average molecular weight is 609 g/mol. The van der Waals surface area contributed by atoms with E-state index in [0.717, 1.165) is 38.4 Å². The summed E-state index contributed by atoms with van der Waals surface area (Å²) in [6.45, 7) is 1.56. The number of urea groups is 1. The smallest absolute Gasteiger partial charge is 0.321 e. The molecule has 0 aromatic heterocycles. The summed E-state index contributed by atoms with van der Waals surface area (Å²) >= 11 is 0. The lowest BCUT2D eigenvalue weighted by molar-refractivity contribution is -0.179. The van der Waals surface area contributed by atoms with Crippen molar-refractivity contribution in [2.24, 2.45) is 0 Å². The monoisotopic (exact) mass is 608 g/mol. The van der Waals surface area contributed by atoms with Crippen molar-refractivity contribution < 1.29 is 31.5 Å². The molecule has 0 radical (unpaired) electrons. The summed E-state index contributed by atoms with van der Waals surface area (Å²) in [6, 6.07) is 10.4. The third-order valence-electron chi connectivity index (χ3n) is 8.25. The zero-order chi connectivity index (χ0) is 30.3. The molecule has 2 amide bonds. The Labute approximate surface area is 247 Å². The van der Waals surface area contributed by atoms with Gasteiger partial charge in [-0.25, -0.2) is 26.7 Å². The molecule has 9 nitrogen and oxygen atoms in total. The molecule has 1 heterocycles. The van der Waals surface area contributed by atoms with Crippen LogP contribution in [0, 0.1) is 11.6 Å². The number of carbonyl (C=O) groups is 1. The first-order valence-electron chi connectivity index (χ1n) is 14.5. The Morgan fingerprint density at radius 2 is 1.45 bits per heavy atom. The number of ether oxygens (including phenoxy) is 2. The quantitative estimate of drug-likeness (QED) is 0.433. The van der Waals surface area contributed by atoms with Crippen LogP contribution >= 0.6 is 0 Å². The number of nitrogens with zero attached hydrogens (tertiary/aromatic N) is 1. The van der Waals surface area contributed by atoms with Crippen LogP contribution in [0.1, 0.15) is 51.4 Å². The molecule has 3 aliphatic rings. The number of benzene rings is 2. The summed E-state index contributed by atoms with van der Waals surface area (Å²) in [7, 11) is 0.512. The van der Waals surface area contributed by atoms with Gasteiger partial charge in [-0.2, -0.15) is 0 Å². The summed E-state index contributed by atoms with van der Waals surface area (Å²) in [5, 5.41) is 6.12. The summed E-state index contributed by atoms with van der Waals surface area (Å²) in [5.74, 6) is -1.48. The van der Waals surface area contributed by atoms with E-state index in [1.54, 1.807) is 36.2 Å². The fourth-order valence-electron chi connectivity index (χ4n) is 5.86. The van der Waals surface area contributed by atoms with Gasteiger partial charge < -0.3 is 25.0 Å². The van der Waals surface area contributed by atoms with E-state index in [2.05, 4.69) is 15.4 Å². The van der Waals surface area contributed by atoms with Gasteiger partial charge in [0, 0.05) is 49.8 Å². The van der Waals surface area contributed by atoms with Crippen molar-refractivity contribution >= 4 is 21.7 Å². The second-order valence-corrected chi connectivity index (χ2v) is 13.1. The predicted octanol–water partition coefficient (Wildman–Crippen LogP) is 4.85. The van der Waals surface area contributed by atoms with Crippen LogP contribution in [0.15, 0.2) is 42.5 Å². The third-order valence-corrected chi connectivity index (χ3v) is 9.01. The summed E-state index contributed by atoms with van der Waals surface area (Å²) < 4.78 is 63.4. The number of hydrogen-bond acceptors (Lipinski definition) is 6. The Hall–Kier alpha value is -2.64. The molecule has 2 aliphatic carbocycles. The zero-order valence-corrected chi connectivity index (χ0v) is 25.3. The highest BCUT2D eigenvalue weighted by molar-refractivity contribution is 7.88. The molecule has 42 heavy (non-hydrogen) atoms. The van der Waals surface area contributed by atoms with Gasteiger partial charge in [-0.1, -0.05) is 12.1 Å². The highest BCUT2D eigenvalue weighted by Crippen LogP contribution is 2.35. The van der Waals surface area contributed by atoms with Gasteiger partial charge in [0.05, 0.1) is 19.5 Å². The van der Waals surface area contributed by atoms with Crippen LogP contribution in [0.3, 0.4) is 0 Å². The Balaban J connectivity index is 0.000000279. The molecule has 5 rings (SSSR count). The van der Waals surface area contributed by atoms with Crippen LogP contribution in [-0.4, -0.2) is 76.8 Å². The maximum Gasteiger partial charge on any atom is 0.321 e. The maximum absolute atomic E-state index is 13.4. The number of sulfonamides is 1. The molecule has 0 bridgehead atoms. The van der Waals surface area contributed by atoms with Crippen molar-refractivity contribution in [1.82, 2.24) is 14.9 Å². The molecule has 12 heteroatoms. The number of carbonyl (C=O) groups excluding carboxylic acids is 1. The lowest BCUT2D eigenvalue weighted by Gasteiger charge is -2.35. The molecule has 3 N–H and O–H groups in total. The van der Waals surface area contributed by atoms with Gasteiger partial charge >= 0.3 is 6.03 Å². The first kappa shape index (κ1) is 32.3. The van der Waals surface area contributed by atoms with Gasteiger partial charge in [0.2, 0.25) is 10.0 Å². The van der Waals surface area contributed by atoms with E-state index in [9.17, 15) is 22.0 Å². The van der Waals surface area contributed by atoms with Crippen molar-refractivity contribution in [1.29, 1.82) is 0 Å². The van der Waals surface area contributed by atoms with Crippen LogP contribution < -0.4 is 15.4 Å². The largest absolute Gasteiger partial charge is 0.348 e. The molecule has 3 fully saturated rings. The molecule has 0 unspecified atom stereocenters. The van der Waals surface area contributed by atoms with Crippen molar-refractivity contribution in [3.05, 3.63) is 54.1 Å². The van der Waals surface area contributed by atoms with Crippen LogP contribution in [0.25, 0.3) is 11.1 Å². The third kappa shape index (κ3) is 9.18. The first-order chi connectivity index (χ1) is 19.9. The van der Waals surface area contributed by atoms with Crippen LogP contribution in [0.4, 0.5) is 19.3 Å². The van der Waals surface area contributed by atoms with Gasteiger partial charge in [-0.05, 0) is 81.0 Å². The Morgan fingerprint density at radius 3 is 1.98 bits per heavy atom. The summed E-state index contributed by atoms with van der Waals surface area (Å²) in [5.41, 5.74) is 1.62. The molecular weight excluding hydrogens is 566 g/mol. The van der Waals surface area contributed by atoms with E-state index in [1.807, 2.05) is 7.05 Å². The standard InChI is InChI=1S/C21H25F2N3O3S.C9H17NO2/c1-26(20-9-7-19(8-10-20)25-30(2,28)29)21(27)24-18-5-3-14(4-6-18)15-11-16(22)13-17(23)12-15;1-10-8-2-4-9(5-3-8)11-6-7-12-9/h3-6,11-13,19-20,25H,7-10H2,1-2H3,(H,24,27);8,10H,2-7H2,1H3. The van der Waals surface area contributed by atoms with E-state index in [4.69, 9.17) is 9.47 Å². The normalized spacial score (nSPS) is 22.3. The lowest BCUT2D eigenvalue weighted by Crippen LogP contribution is -2.45. The average Bonchev–Trinajstić information content (AvgIpc) is 3.40. The van der Waals surface area contributed by atoms with Gasteiger partial charge in [-0.3, -0.25) is 0 Å². The molecular formula is C30H42F2N4O5S. The van der Waals surface area contributed by atoms with Crippen LogP contribution in [0.5, 0.6) is 0 Å². The molecule has 2 saturated carbocycles. The highest BCUT2D eigenvalue weighted by Gasteiger charge is 2.39. The summed E-state index contributed by atoms with van der Waals surface area (Å²) in [4.78, 5) is 14.2. The minimum atomic E-state index is -3.23. The Kier molecular flexibility index (Phi) is 10.9. The van der Waals surface area contributed by atoms with Gasteiger partial charge in [0.1, 0.15) is 11.6 Å². The van der Waals surface area contributed by atoms with Crippen LogP contribution in [-0.2, 0) is 19.5 Å². The topological polar surface area (TPSA) is 109 Å². The molecule has 0 atom stereocenters. The molecule has 232 valence electrons. The fraction of sp³-hybridized carbons (Fsp3) is 0.567. The van der Waals surface area contributed by atoms with Gasteiger partial charge in [0.25, 0.3) is 0 Å². The van der Waals surface area contributed by atoms with E-state index < -0.39 is 21.7 Å². The summed E-state index contributed by atoms with van der Waals surface area (Å²) in [6.07, 6.45) is 8.38. The lowest BCUT2D eigenvalue weighted by atomic mass is 9.90. The minimum Gasteiger partial charge on any atom is -0.348 e. The van der Waals surface area contributed by atoms with E-state index in [1.165, 1.54) is 25.0 Å². The zero-order valence-electron chi connectivity index (χ0n) is 24.5. The number of nitrogens with one attached hydrogen (secondary N) is 3. The highest BCUT2D eigenvalue weighted by atomic mass is 32.2. The van der Waals surface area contributed by atoms with Crippen molar-refractivity contribution in [2.45, 2.75) is 75.3 Å². The first-order valence-corrected chi connectivity index (χ1v) is 16.4. The minimum absolute atomic E-state index is 0.0251. The number of hydrogen-bond donors (Lipinski definition) is 3. The van der Waals surface area contributed by atoms with E-state index >= 15 is 0 Å². The maximum atomic E-state index is 13.4. The van der Waals surface area contributed by atoms with Crippen molar-refractivity contribution in [3.8, 4) is 11.1 Å².